The zero-order chi connectivity index (χ0) is 20.6. The summed E-state index contributed by atoms with van der Waals surface area (Å²) in [6.45, 7) is 7.12. The van der Waals surface area contributed by atoms with E-state index in [1.54, 1.807) is 43.7 Å². The molecule has 3 heterocycles. The van der Waals surface area contributed by atoms with E-state index in [9.17, 15) is 9.59 Å². The number of carbonyl (C=O) groups excluding carboxylic acids is 1. The highest BCUT2D eigenvalue weighted by Gasteiger charge is 2.43. The molecule has 0 aliphatic heterocycles. The Labute approximate surface area is 169 Å². The smallest absolute Gasteiger partial charge is 0.268 e. The molecule has 0 atom stereocenters. The summed E-state index contributed by atoms with van der Waals surface area (Å²) in [5, 5.41) is 7.54. The van der Waals surface area contributed by atoms with Gasteiger partial charge in [0.15, 0.2) is 0 Å². The van der Waals surface area contributed by atoms with Gasteiger partial charge in [-0.25, -0.2) is 0 Å². The Morgan fingerprint density at radius 3 is 2.66 bits per heavy atom. The summed E-state index contributed by atoms with van der Waals surface area (Å²) in [5.74, 6) is -0.328. The molecule has 1 saturated carbocycles. The van der Waals surface area contributed by atoms with Crippen LogP contribution in [-0.4, -0.2) is 31.8 Å². The maximum atomic E-state index is 13.0. The van der Waals surface area contributed by atoms with Crippen molar-refractivity contribution in [3.8, 4) is 5.69 Å². The van der Waals surface area contributed by atoms with Crippen LogP contribution in [0.4, 0.5) is 0 Å². The van der Waals surface area contributed by atoms with Crippen LogP contribution in [0.3, 0.4) is 0 Å². The van der Waals surface area contributed by atoms with E-state index >= 15 is 0 Å². The van der Waals surface area contributed by atoms with Gasteiger partial charge in [-0.2, -0.15) is 5.10 Å². The molecular weight excluding hydrogens is 366 g/mol. The summed E-state index contributed by atoms with van der Waals surface area (Å²) in [5.41, 5.74) is 3.28. The van der Waals surface area contributed by atoms with Crippen molar-refractivity contribution in [3.05, 3.63) is 75.7 Å². The fraction of sp³-hybridized carbons (Fsp3) is 0.364. The highest BCUT2D eigenvalue weighted by atomic mass is 16.2. The van der Waals surface area contributed by atoms with Gasteiger partial charge >= 0.3 is 0 Å². The second-order valence-corrected chi connectivity index (χ2v) is 8.03. The Kier molecular flexibility index (Phi) is 4.82. The van der Waals surface area contributed by atoms with E-state index in [0.29, 0.717) is 17.8 Å². The van der Waals surface area contributed by atoms with Crippen LogP contribution in [0.5, 0.6) is 0 Å². The Hall–Kier alpha value is -3.22. The molecule has 4 rings (SSSR count). The first-order chi connectivity index (χ1) is 13.9. The van der Waals surface area contributed by atoms with Gasteiger partial charge in [0.25, 0.3) is 11.5 Å². The normalized spacial score (nSPS) is 14.6. The lowest BCUT2D eigenvalue weighted by Crippen LogP contribution is -2.37. The van der Waals surface area contributed by atoms with Crippen molar-refractivity contribution in [3.63, 3.8) is 0 Å². The maximum Gasteiger partial charge on any atom is 0.268 e. The van der Waals surface area contributed by atoms with Crippen molar-refractivity contribution in [2.45, 2.75) is 40.2 Å². The second-order valence-electron chi connectivity index (χ2n) is 8.03. The van der Waals surface area contributed by atoms with E-state index in [-0.39, 0.29) is 22.4 Å². The fourth-order valence-electron chi connectivity index (χ4n) is 3.68. The van der Waals surface area contributed by atoms with Crippen LogP contribution in [0.1, 0.15) is 40.2 Å². The van der Waals surface area contributed by atoms with E-state index in [2.05, 4.69) is 21.5 Å². The first-order valence-corrected chi connectivity index (χ1v) is 9.80. The van der Waals surface area contributed by atoms with Gasteiger partial charge in [-0.3, -0.25) is 23.8 Å². The van der Waals surface area contributed by atoms with Crippen molar-refractivity contribution in [1.82, 2.24) is 24.6 Å². The third kappa shape index (κ3) is 3.85. The molecule has 0 bridgehead atoms. The summed E-state index contributed by atoms with van der Waals surface area (Å²) >= 11 is 0. The lowest BCUT2D eigenvalue weighted by atomic mass is 10.1. The quantitative estimate of drug-likeness (QED) is 0.700. The molecule has 7 heteroatoms. The van der Waals surface area contributed by atoms with Crippen LogP contribution in [0, 0.1) is 26.2 Å². The zero-order valence-corrected chi connectivity index (χ0v) is 17.0. The Morgan fingerprint density at radius 2 is 2.03 bits per heavy atom. The SMILES string of the molecule is Cc1cc(C)n(CC2(CNC(=O)c3c(C)ccn(-c4cccnc4)c3=O)CC2)n1. The minimum atomic E-state index is -0.334. The summed E-state index contributed by atoms with van der Waals surface area (Å²) in [6, 6.07) is 7.39. The number of hydrogen-bond acceptors (Lipinski definition) is 4. The molecule has 0 spiro atoms. The van der Waals surface area contributed by atoms with Gasteiger partial charge in [0, 0.05) is 36.6 Å². The third-order valence-electron chi connectivity index (χ3n) is 5.62. The van der Waals surface area contributed by atoms with Gasteiger partial charge < -0.3 is 5.32 Å². The predicted octanol–water partition coefficient (Wildman–Crippen LogP) is 2.56. The first kappa shape index (κ1) is 19.1. The molecule has 0 aromatic carbocycles. The van der Waals surface area contributed by atoms with Gasteiger partial charge in [0.1, 0.15) is 5.56 Å². The molecular formula is C22H25N5O2. The Bertz CT molecular complexity index is 1110. The maximum absolute atomic E-state index is 13.0. The number of pyridine rings is 2. The van der Waals surface area contributed by atoms with Gasteiger partial charge in [-0.1, -0.05) is 0 Å². The highest BCUT2D eigenvalue weighted by Crippen LogP contribution is 2.46. The summed E-state index contributed by atoms with van der Waals surface area (Å²) < 4.78 is 3.47. The van der Waals surface area contributed by atoms with E-state index in [4.69, 9.17) is 0 Å². The molecule has 1 N–H and O–H groups in total. The lowest BCUT2D eigenvalue weighted by molar-refractivity contribution is 0.0940. The molecule has 3 aromatic rings. The van der Waals surface area contributed by atoms with Crippen LogP contribution < -0.4 is 10.9 Å². The van der Waals surface area contributed by atoms with Gasteiger partial charge in [-0.05, 0) is 63.4 Å². The van der Waals surface area contributed by atoms with Crippen LogP contribution in [0.15, 0.2) is 47.7 Å². The van der Waals surface area contributed by atoms with E-state index < -0.39 is 0 Å². The van der Waals surface area contributed by atoms with Gasteiger partial charge in [0.05, 0.1) is 17.6 Å². The minimum Gasteiger partial charge on any atom is -0.351 e. The average Bonchev–Trinajstić information content (AvgIpc) is 3.39. The van der Waals surface area contributed by atoms with Crippen molar-refractivity contribution in [1.29, 1.82) is 0 Å². The molecule has 7 nitrogen and oxygen atoms in total. The van der Waals surface area contributed by atoms with Crippen molar-refractivity contribution < 1.29 is 4.79 Å². The van der Waals surface area contributed by atoms with Crippen molar-refractivity contribution >= 4 is 5.91 Å². The highest BCUT2D eigenvalue weighted by molar-refractivity contribution is 5.95. The standard InChI is InChI=1S/C22H25N5O2/c1-15-6-10-26(18-5-4-9-23-12-18)21(29)19(15)20(28)24-13-22(7-8-22)14-27-17(3)11-16(2)25-27/h4-6,9-12H,7-8,13-14H2,1-3H3,(H,24,28). The molecule has 1 amide bonds. The molecule has 1 aliphatic carbocycles. The number of aromatic nitrogens is 4. The van der Waals surface area contributed by atoms with Crippen molar-refractivity contribution in [2.75, 3.05) is 6.54 Å². The summed E-state index contributed by atoms with van der Waals surface area (Å²) in [6.07, 6.45) is 7.01. The molecule has 1 fully saturated rings. The van der Waals surface area contributed by atoms with Crippen LogP contribution in [0.25, 0.3) is 5.69 Å². The minimum absolute atomic E-state index is 0.0178. The molecule has 150 valence electrons. The van der Waals surface area contributed by atoms with Gasteiger partial charge in [0.2, 0.25) is 0 Å². The molecule has 29 heavy (non-hydrogen) atoms. The molecule has 0 radical (unpaired) electrons. The largest absolute Gasteiger partial charge is 0.351 e. The number of hydrogen-bond donors (Lipinski definition) is 1. The molecule has 0 unspecified atom stereocenters. The topological polar surface area (TPSA) is 81.8 Å². The fourth-order valence-corrected chi connectivity index (χ4v) is 3.68. The monoisotopic (exact) mass is 391 g/mol. The van der Waals surface area contributed by atoms with Gasteiger partial charge in [-0.15, -0.1) is 0 Å². The zero-order valence-electron chi connectivity index (χ0n) is 17.0. The number of carbonyl (C=O) groups is 1. The number of rotatable bonds is 6. The number of aryl methyl sites for hydroxylation is 3. The second kappa shape index (κ2) is 7.31. The van der Waals surface area contributed by atoms with Crippen LogP contribution in [0.2, 0.25) is 0 Å². The lowest BCUT2D eigenvalue weighted by Gasteiger charge is -2.18. The summed E-state index contributed by atoms with van der Waals surface area (Å²) in [4.78, 5) is 29.9. The third-order valence-corrected chi connectivity index (χ3v) is 5.62. The summed E-state index contributed by atoms with van der Waals surface area (Å²) in [7, 11) is 0. The number of amides is 1. The van der Waals surface area contributed by atoms with Crippen LogP contribution in [-0.2, 0) is 6.54 Å². The Morgan fingerprint density at radius 1 is 1.24 bits per heavy atom. The first-order valence-electron chi connectivity index (χ1n) is 9.80. The van der Waals surface area contributed by atoms with E-state index in [1.807, 2.05) is 18.5 Å². The number of nitrogens with zero attached hydrogens (tertiary/aromatic N) is 4. The molecule has 0 saturated heterocycles. The molecule has 1 aliphatic rings. The Balaban J connectivity index is 1.52. The predicted molar refractivity (Wildman–Crippen MR) is 110 cm³/mol. The van der Waals surface area contributed by atoms with Crippen LogP contribution >= 0.6 is 0 Å². The molecule has 3 aromatic heterocycles. The number of nitrogens with one attached hydrogen (secondary N) is 1. The van der Waals surface area contributed by atoms with Crippen molar-refractivity contribution in [2.24, 2.45) is 5.41 Å². The van der Waals surface area contributed by atoms with E-state index in [0.717, 1.165) is 30.8 Å². The van der Waals surface area contributed by atoms with E-state index in [1.165, 1.54) is 4.57 Å². The average molecular weight is 391 g/mol.